The number of hydrogen-bond donors (Lipinski definition) is 0. The summed E-state index contributed by atoms with van der Waals surface area (Å²) in [6, 6.07) is 0. The van der Waals surface area contributed by atoms with Gasteiger partial charge in [-0.25, -0.2) is 0 Å². The predicted molar refractivity (Wildman–Crippen MR) is 66.1 cm³/mol. The number of allylic oxidation sites excluding steroid dienone is 1. The van der Waals surface area contributed by atoms with Crippen LogP contribution in [0.4, 0.5) is 0 Å². The summed E-state index contributed by atoms with van der Waals surface area (Å²) in [7, 11) is 10.2. The summed E-state index contributed by atoms with van der Waals surface area (Å²) in [5.41, 5.74) is 0.244. The summed E-state index contributed by atoms with van der Waals surface area (Å²) in [5.74, 6) is 0.0863. The topological polar surface area (TPSA) is 20.3 Å². The maximum absolute atomic E-state index is 11.2. The number of Topliss-reactive ketones (excluding diaryl/α,β-unsaturated/α-hetero) is 1. The van der Waals surface area contributed by atoms with Gasteiger partial charge < -0.3 is 4.90 Å². The second-order valence-corrected chi connectivity index (χ2v) is 4.37. The summed E-state index contributed by atoms with van der Waals surface area (Å²) in [6.07, 6.45) is 4.93. The van der Waals surface area contributed by atoms with E-state index in [4.69, 9.17) is 7.85 Å². The molecular formula is C12H22BNO. The van der Waals surface area contributed by atoms with Gasteiger partial charge in [-0.3, -0.25) is 4.79 Å². The maximum Gasteiger partial charge on any atom is 0.155 e. The largest absolute Gasteiger partial charge is 0.309 e. The molecule has 0 aromatic rings. The third-order valence-electron chi connectivity index (χ3n) is 2.79. The van der Waals surface area contributed by atoms with Crippen molar-refractivity contribution in [2.75, 3.05) is 14.1 Å². The van der Waals surface area contributed by atoms with E-state index in [0.717, 1.165) is 24.8 Å². The van der Waals surface area contributed by atoms with Gasteiger partial charge in [-0.15, -0.1) is 0 Å². The summed E-state index contributed by atoms with van der Waals surface area (Å²) in [6.45, 7) is 5.53. The van der Waals surface area contributed by atoms with E-state index in [9.17, 15) is 4.79 Å². The number of carbonyl (C=O) groups is 1. The lowest BCUT2D eigenvalue weighted by atomic mass is 9.71. The van der Waals surface area contributed by atoms with Gasteiger partial charge in [0.2, 0.25) is 0 Å². The van der Waals surface area contributed by atoms with Crippen molar-refractivity contribution in [3.8, 4) is 0 Å². The minimum Gasteiger partial charge on any atom is -0.309 e. The third kappa shape index (κ3) is 4.65. The van der Waals surface area contributed by atoms with Crippen molar-refractivity contribution in [2.24, 2.45) is 0 Å². The van der Waals surface area contributed by atoms with E-state index in [0.29, 0.717) is 0 Å². The zero-order valence-corrected chi connectivity index (χ0v) is 10.6. The molecule has 0 spiro atoms. The molecule has 0 aromatic carbocycles. The number of carbonyl (C=O) groups excluding carboxylic acids is 1. The van der Waals surface area contributed by atoms with E-state index in [1.165, 1.54) is 0 Å². The highest BCUT2D eigenvalue weighted by Gasteiger charge is 2.23. The highest BCUT2D eigenvalue weighted by Crippen LogP contribution is 2.20. The Morgan fingerprint density at radius 3 is 2.27 bits per heavy atom. The minimum atomic E-state index is -0.494. The highest BCUT2D eigenvalue weighted by molar-refractivity contribution is 6.17. The van der Waals surface area contributed by atoms with Crippen molar-refractivity contribution in [3.05, 3.63) is 11.6 Å². The van der Waals surface area contributed by atoms with Crippen LogP contribution < -0.4 is 0 Å². The van der Waals surface area contributed by atoms with Crippen LogP contribution in [0.25, 0.3) is 0 Å². The molecule has 0 amide bonds. The Balaban J connectivity index is 4.79. The predicted octanol–water partition coefficient (Wildman–Crippen LogP) is 2.14. The van der Waals surface area contributed by atoms with Gasteiger partial charge in [0, 0.05) is 0 Å². The van der Waals surface area contributed by atoms with Gasteiger partial charge in [0.15, 0.2) is 5.78 Å². The first-order valence-electron chi connectivity index (χ1n) is 5.50. The lowest BCUT2D eigenvalue weighted by Gasteiger charge is -2.35. The van der Waals surface area contributed by atoms with Crippen molar-refractivity contribution in [3.63, 3.8) is 0 Å². The monoisotopic (exact) mass is 207 g/mol. The second kappa shape index (κ2) is 6.11. The van der Waals surface area contributed by atoms with Crippen LogP contribution in [0.1, 0.15) is 40.0 Å². The molecule has 0 aromatic heterocycles. The molecule has 2 nitrogen and oxygen atoms in total. The van der Waals surface area contributed by atoms with Crippen LogP contribution in [0.3, 0.4) is 0 Å². The fourth-order valence-electron chi connectivity index (χ4n) is 1.36. The zero-order valence-electron chi connectivity index (χ0n) is 10.6. The Morgan fingerprint density at radius 1 is 1.40 bits per heavy atom. The lowest BCUT2D eigenvalue weighted by molar-refractivity contribution is -0.113. The Labute approximate surface area is 95.1 Å². The Bertz CT molecular complexity index is 248. The average molecular weight is 207 g/mol. The van der Waals surface area contributed by atoms with Crippen LogP contribution in [0.5, 0.6) is 0 Å². The van der Waals surface area contributed by atoms with Crippen LogP contribution in [0.15, 0.2) is 11.6 Å². The number of nitrogens with zero attached hydrogens (tertiary/aromatic N) is 1. The first-order valence-corrected chi connectivity index (χ1v) is 5.50. The molecule has 0 aliphatic rings. The summed E-state index contributed by atoms with van der Waals surface area (Å²) in [4.78, 5) is 13.1. The summed E-state index contributed by atoms with van der Waals surface area (Å²) in [5, 5.41) is 0. The smallest absolute Gasteiger partial charge is 0.155 e. The number of unbranched alkanes of at least 4 members (excludes halogenated alkanes) is 1. The Kier molecular flexibility index (Phi) is 5.88. The molecule has 0 saturated heterocycles. The van der Waals surface area contributed by atoms with E-state index in [1.807, 2.05) is 32.0 Å². The van der Waals surface area contributed by atoms with Gasteiger partial charge in [0.05, 0.1) is 0 Å². The van der Waals surface area contributed by atoms with Crippen molar-refractivity contribution in [1.29, 1.82) is 0 Å². The molecule has 0 aliphatic carbocycles. The molecule has 0 rings (SSSR count). The highest BCUT2D eigenvalue weighted by atomic mass is 16.1. The van der Waals surface area contributed by atoms with Gasteiger partial charge in [-0.05, 0) is 45.4 Å². The number of likely N-dealkylation sites (N-methyl/N-ethyl adjacent to an activating group) is 1. The van der Waals surface area contributed by atoms with Crippen molar-refractivity contribution in [1.82, 2.24) is 4.90 Å². The molecule has 0 aliphatic heterocycles. The molecule has 0 bridgehead atoms. The first kappa shape index (κ1) is 14.4. The van der Waals surface area contributed by atoms with Gasteiger partial charge in [0.25, 0.3) is 0 Å². The molecule has 2 radical (unpaired) electrons. The first-order chi connectivity index (χ1) is 6.83. The lowest BCUT2D eigenvalue weighted by Crippen LogP contribution is -2.43. The van der Waals surface area contributed by atoms with E-state index >= 15 is 0 Å². The quantitative estimate of drug-likeness (QED) is 0.491. The standard InChI is InChI=1S/C12H22BNO/c1-6-7-8-12(13,14(4)5)9-10(2)11(3)15/h9H,6-8H2,1-5H3/b10-9-/t12-/m0/s1. The Morgan fingerprint density at radius 2 is 1.93 bits per heavy atom. The van der Waals surface area contributed by atoms with Crippen LogP contribution >= 0.6 is 0 Å². The maximum atomic E-state index is 11.2. The zero-order chi connectivity index (χ0) is 12.1. The van der Waals surface area contributed by atoms with Gasteiger partial charge in [0.1, 0.15) is 7.85 Å². The second-order valence-electron chi connectivity index (χ2n) is 4.37. The van der Waals surface area contributed by atoms with Crippen LogP contribution in [0.2, 0.25) is 0 Å². The van der Waals surface area contributed by atoms with E-state index in [2.05, 4.69) is 6.92 Å². The summed E-state index contributed by atoms with van der Waals surface area (Å²) >= 11 is 0. The van der Waals surface area contributed by atoms with Crippen LogP contribution in [-0.2, 0) is 4.79 Å². The molecule has 3 heteroatoms. The van der Waals surface area contributed by atoms with Crippen LogP contribution in [0, 0.1) is 0 Å². The normalized spacial score (nSPS) is 16.5. The van der Waals surface area contributed by atoms with Gasteiger partial charge in [-0.1, -0.05) is 25.8 Å². The Hall–Kier alpha value is -0.565. The third-order valence-corrected chi connectivity index (χ3v) is 2.79. The molecule has 84 valence electrons. The van der Waals surface area contributed by atoms with Crippen LogP contribution in [-0.4, -0.2) is 38.1 Å². The molecule has 1 atom stereocenters. The van der Waals surface area contributed by atoms with Crippen molar-refractivity contribution < 1.29 is 4.79 Å². The summed E-state index contributed by atoms with van der Waals surface area (Å²) < 4.78 is 0. The molecule has 15 heavy (non-hydrogen) atoms. The molecule has 0 heterocycles. The molecule has 0 N–H and O–H groups in total. The number of ketones is 1. The van der Waals surface area contributed by atoms with Crippen molar-refractivity contribution >= 4 is 13.6 Å². The van der Waals surface area contributed by atoms with Crippen molar-refractivity contribution in [2.45, 2.75) is 45.5 Å². The molecule has 0 saturated carbocycles. The van der Waals surface area contributed by atoms with E-state index in [-0.39, 0.29) is 5.78 Å². The average Bonchev–Trinajstić information content (AvgIpc) is 2.14. The SMILES string of the molecule is [B][C@@](/C=C(/C)C(C)=O)(CCCC)N(C)C. The van der Waals surface area contributed by atoms with E-state index in [1.54, 1.807) is 6.92 Å². The molecular weight excluding hydrogens is 185 g/mol. The molecule has 0 fully saturated rings. The molecule has 0 unspecified atom stereocenters. The van der Waals surface area contributed by atoms with Gasteiger partial charge >= 0.3 is 0 Å². The number of rotatable bonds is 6. The fourth-order valence-corrected chi connectivity index (χ4v) is 1.36. The van der Waals surface area contributed by atoms with Gasteiger partial charge in [-0.2, -0.15) is 0 Å². The fraction of sp³-hybridized carbons (Fsp3) is 0.750. The van der Waals surface area contributed by atoms with E-state index < -0.39 is 5.44 Å². The minimum absolute atomic E-state index is 0.0863. The number of hydrogen-bond acceptors (Lipinski definition) is 2.